The molecular weight excluding hydrogens is 190 g/mol. The van der Waals surface area contributed by atoms with Crippen molar-refractivity contribution in [2.45, 2.75) is 20.8 Å². The number of hydrogen-bond donors (Lipinski definition) is 1. The summed E-state index contributed by atoms with van der Waals surface area (Å²) in [6.07, 6.45) is 1.72. The van der Waals surface area contributed by atoms with Crippen LogP contribution < -0.4 is 10.2 Å². The Labute approximate surface area is 90.3 Å². The van der Waals surface area contributed by atoms with E-state index in [4.69, 9.17) is 0 Å². The first kappa shape index (κ1) is 11.5. The van der Waals surface area contributed by atoms with Crippen LogP contribution in [-0.2, 0) is 0 Å². The highest BCUT2D eigenvalue weighted by Crippen LogP contribution is 2.14. The van der Waals surface area contributed by atoms with Crippen LogP contribution in [0.3, 0.4) is 0 Å². The lowest BCUT2D eigenvalue weighted by Gasteiger charge is -2.13. The number of nitrogens with zero attached hydrogens (tertiary/aromatic N) is 2. The van der Waals surface area contributed by atoms with Gasteiger partial charge in [-0.05, 0) is 19.1 Å². The molecule has 0 spiro atoms. The Balaban J connectivity index is 0.000000531. The van der Waals surface area contributed by atoms with Crippen LogP contribution in [0.2, 0.25) is 0 Å². The van der Waals surface area contributed by atoms with Crippen molar-refractivity contribution in [1.82, 2.24) is 10.3 Å². The number of hydrogen-bond acceptors (Lipinski definition) is 2. The summed E-state index contributed by atoms with van der Waals surface area (Å²) in [5, 5.41) is 2.74. The van der Waals surface area contributed by atoms with E-state index in [2.05, 4.69) is 10.3 Å². The normalized spacial score (nSPS) is 14.3. The van der Waals surface area contributed by atoms with Gasteiger partial charge in [-0.3, -0.25) is 9.88 Å². The van der Waals surface area contributed by atoms with Crippen LogP contribution in [0.1, 0.15) is 19.5 Å². The number of carbonyl (C=O) groups is 1. The zero-order chi connectivity index (χ0) is 11.3. The highest BCUT2D eigenvalue weighted by atomic mass is 16.2. The average molecular weight is 207 g/mol. The molecule has 0 radical (unpaired) electrons. The summed E-state index contributed by atoms with van der Waals surface area (Å²) in [7, 11) is 0. The van der Waals surface area contributed by atoms with Gasteiger partial charge in [0, 0.05) is 18.8 Å². The Kier molecular flexibility index (Phi) is 4.09. The van der Waals surface area contributed by atoms with E-state index in [-0.39, 0.29) is 6.03 Å². The summed E-state index contributed by atoms with van der Waals surface area (Å²) >= 11 is 0. The molecule has 1 fully saturated rings. The molecule has 1 saturated heterocycles. The average Bonchev–Trinajstić information content (AvgIpc) is 2.69. The van der Waals surface area contributed by atoms with E-state index in [0.717, 1.165) is 17.9 Å². The van der Waals surface area contributed by atoms with E-state index < -0.39 is 0 Å². The molecule has 1 N–H and O–H groups in total. The fraction of sp³-hybridized carbons (Fsp3) is 0.455. The molecule has 4 heteroatoms. The number of aromatic nitrogens is 1. The molecule has 15 heavy (non-hydrogen) atoms. The van der Waals surface area contributed by atoms with Crippen molar-refractivity contribution in [2.24, 2.45) is 0 Å². The summed E-state index contributed by atoms with van der Waals surface area (Å²) in [6, 6.07) is 3.78. The third-order valence-corrected chi connectivity index (χ3v) is 2.06. The quantitative estimate of drug-likeness (QED) is 0.765. The minimum Gasteiger partial charge on any atom is -0.336 e. The zero-order valence-electron chi connectivity index (χ0n) is 9.45. The topological polar surface area (TPSA) is 45.2 Å². The van der Waals surface area contributed by atoms with E-state index in [1.54, 1.807) is 11.1 Å². The SMILES string of the molecule is CC.Cc1ccc(N2CCNC2=O)cn1. The van der Waals surface area contributed by atoms with Crippen molar-refractivity contribution in [3.63, 3.8) is 0 Å². The monoisotopic (exact) mass is 207 g/mol. The van der Waals surface area contributed by atoms with Gasteiger partial charge in [0.05, 0.1) is 11.9 Å². The van der Waals surface area contributed by atoms with E-state index in [0.29, 0.717) is 6.54 Å². The second-order valence-electron chi connectivity index (χ2n) is 3.04. The summed E-state index contributed by atoms with van der Waals surface area (Å²) in [4.78, 5) is 17.1. The van der Waals surface area contributed by atoms with E-state index >= 15 is 0 Å². The van der Waals surface area contributed by atoms with E-state index in [9.17, 15) is 4.79 Å². The molecule has 2 rings (SSSR count). The Morgan fingerprint density at radius 1 is 1.40 bits per heavy atom. The van der Waals surface area contributed by atoms with Crippen molar-refractivity contribution in [3.05, 3.63) is 24.0 Å². The summed E-state index contributed by atoms with van der Waals surface area (Å²) < 4.78 is 0. The van der Waals surface area contributed by atoms with Gasteiger partial charge in [0.15, 0.2) is 0 Å². The lowest BCUT2D eigenvalue weighted by atomic mass is 10.3. The highest BCUT2D eigenvalue weighted by Gasteiger charge is 2.20. The Morgan fingerprint density at radius 2 is 2.13 bits per heavy atom. The number of aryl methyl sites for hydroxylation is 1. The third-order valence-electron chi connectivity index (χ3n) is 2.06. The molecule has 4 nitrogen and oxygen atoms in total. The van der Waals surface area contributed by atoms with Crippen LogP contribution in [0.25, 0.3) is 0 Å². The molecule has 0 unspecified atom stereocenters. The van der Waals surface area contributed by atoms with Gasteiger partial charge in [-0.2, -0.15) is 0 Å². The van der Waals surface area contributed by atoms with Gasteiger partial charge in [-0.15, -0.1) is 0 Å². The van der Waals surface area contributed by atoms with Crippen molar-refractivity contribution in [3.8, 4) is 0 Å². The van der Waals surface area contributed by atoms with Crippen molar-refractivity contribution >= 4 is 11.7 Å². The van der Waals surface area contributed by atoms with Gasteiger partial charge in [-0.25, -0.2) is 4.79 Å². The summed E-state index contributed by atoms with van der Waals surface area (Å²) in [5.41, 5.74) is 1.82. The Morgan fingerprint density at radius 3 is 2.60 bits per heavy atom. The fourth-order valence-electron chi connectivity index (χ4n) is 1.34. The van der Waals surface area contributed by atoms with Crippen LogP contribution in [0, 0.1) is 6.92 Å². The second-order valence-corrected chi connectivity index (χ2v) is 3.04. The number of carbonyl (C=O) groups excluding carboxylic acids is 1. The maximum atomic E-state index is 11.2. The van der Waals surface area contributed by atoms with Crippen LogP contribution >= 0.6 is 0 Å². The maximum absolute atomic E-state index is 11.2. The highest BCUT2D eigenvalue weighted by molar-refractivity contribution is 5.93. The zero-order valence-corrected chi connectivity index (χ0v) is 9.45. The van der Waals surface area contributed by atoms with Gasteiger partial charge >= 0.3 is 6.03 Å². The van der Waals surface area contributed by atoms with Gasteiger partial charge < -0.3 is 5.32 Å². The van der Waals surface area contributed by atoms with Crippen LogP contribution in [-0.4, -0.2) is 24.1 Å². The number of anilines is 1. The first-order valence-corrected chi connectivity index (χ1v) is 5.25. The first-order chi connectivity index (χ1) is 7.27. The second kappa shape index (κ2) is 5.34. The molecule has 1 aromatic heterocycles. The number of amides is 2. The Bertz CT molecular complexity index is 321. The predicted octanol–water partition coefficient (Wildman–Crippen LogP) is 1.95. The molecule has 1 aliphatic heterocycles. The molecule has 82 valence electrons. The maximum Gasteiger partial charge on any atom is 0.322 e. The number of nitrogens with one attached hydrogen (secondary N) is 1. The molecule has 0 atom stereocenters. The van der Waals surface area contributed by atoms with E-state index in [1.807, 2.05) is 32.9 Å². The number of rotatable bonds is 1. The predicted molar refractivity (Wildman–Crippen MR) is 61.1 cm³/mol. The lowest BCUT2D eigenvalue weighted by molar-refractivity contribution is 0.252. The standard InChI is InChI=1S/C9H11N3O.C2H6/c1-7-2-3-8(6-11-7)12-5-4-10-9(12)13;1-2/h2-3,6H,4-5H2,1H3,(H,10,13);1-2H3. The van der Waals surface area contributed by atoms with Crippen LogP contribution in [0.4, 0.5) is 10.5 Å². The van der Waals surface area contributed by atoms with Gasteiger partial charge in [0.2, 0.25) is 0 Å². The van der Waals surface area contributed by atoms with Crippen molar-refractivity contribution in [2.75, 3.05) is 18.0 Å². The summed E-state index contributed by atoms with van der Waals surface area (Å²) in [6.45, 7) is 7.37. The molecule has 0 bridgehead atoms. The lowest BCUT2D eigenvalue weighted by Crippen LogP contribution is -2.27. The summed E-state index contributed by atoms with van der Waals surface area (Å²) in [5.74, 6) is 0. The Hall–Kier alpha value is -1.58. The molecule has 2 amide bonds. The first-order valence-electron chi connectivity index (χ1n) is 5.25. The van der Waals surface area contributed by atoms with Crippen LogP contribution in [0.15, 0.2) is 18.3 Å². The molecule has 0 saturated carbocycles. The minimum absolute atomic E-state index is 0.0364. The van der Waals surface area contributed by atoms with Gasteiger partial charge in [-0.1, -0.05) is 13.8 Å². The molecule has 1 aliphatic rings. The largest absolute Gasteiger partial charge is 0.336 e. The van der Waals surface area contributed by atoms with E-state index in [1.165, 1.54) is 0 Å². The molecular formula is C11H17N3O. The molecule has 0 aliphatic carbocycles. The van der Waals surface area contributed by atoms with Crippen LogP contribution in [0.5, 0.6) is 0 Å². The van der Waals surface area contributed by atoms with Crippen molar-refractivity contribution < 1.29 is 4.79 Å². The van der Waals surface area contributed by atoms with Crippen molar-refractivity contribution in [1.29, 1.82) is 0 Å². The van der Waals surface area contributed by atoms with Gasteiger partial charge in [0.1, 0.15) is 0 Å². The van der Waals surface area contributed by atoms with Gasteiger partial charge in [0.25, 0.3) is 0 Å². The fourth-order valence-corrected chi connectivity index (χ4v) is 1.34. The number of urea groups is 1. The molecule has 1 aromatic rings. The molecule has 0 aromatic carbocycles. The molecule has 2 heterocycles. The minimum atomic E-state index is -0.0364. The number of pyridine rings is 1. The smallest absolute Gasteiger partial charge is 0.322 e. The third kappa shape index (κ3) is 2.68.